The number of hydrogen-bond donors (Lipinski definition) is 0. The van der Waals surface area contributed by atoms with E-state index in [-0.39, 0.29) is 23.8 Å². The van der Waals surface area contributed by atoms with Crippen molar-refractivity contribution in [2.75, 3.05) is 18.2 Å². The monoisotopic (exact) mass is 488 g/mol. The van der Waals surface area contributed by atoms with Gasteiger partial charge in [-0.25, -0.2) is 5.06 Å². The molecule has 4 nitrogen and oxygen atoms in total. The third-order valence-electron chi connectivity index (χ3n) is 8.01. The number of likely N-dealkylation sites (tertiary alicyclic amines) is 1. The first-order valence-corrected chi connectivity index (χ1v) is 13.1. The number of hydrogen-bond acceptors (Lipinski definition) is 4. The zero-order valence-corrected chi connectivity index (χ0v) is 21.1. The number of piperidine rings is 1. The fourth-order valence-corrected chi connectivity index (χ4v) is 6.11. The number of carbonyl (C=O) groups is 1. The van der Waals surface area contributed by atoms with E-state index in [2.05, 4.69) is 96.8 Å². The Morgan fingerprint density at radius 1 is 0.757 bits per heavy atom. The molecule has 6 rings (SSSR count). The van der Waals surface area contributed by atoms with E-state index >= 15 is 0 Å². The van der Waals surface area contributed by atoms with Gasteiger partial charge in [0.05, 0.1) is 17.6 Å². The predicted molar refractivity (Wildman–Crippen MR) is 147 cm³/mol. The Kier molecular flexibility index (Phi) is 6.37. The molecule has 2 aliphatic rings. The number of hydroxylamine groups is 1. The molecule has 0 amide bonds. The Balaban J connectivity index is 1.50. The second-order valence-corrected chi connectivity index (χ2v) is 10.1. The van der Waals surface area contributed by atoms with Crippen molar-refractivity contribution in [3.05, 3.63) is 138 Å². The van der Waals surface area contributed by atoms with Gasteiger partial charge in [-0.1, -0.05) is 109 Å². The van der Waals surface area contributed by atoms with Gasteiger partial charge in [0.25, 0.3) is 0 Å². The molecule has 0 aromatic heterocycles. The SMILES string of the molecule is CC(c1ccccc1)N1CCC(=O)C2(C1)ON(c1ccccc1)[C@H](c1ccccc1)[C@H]2c1ccccc1. The van der Waals surface area contributed by atoms with Gasteiger partial charge in [0.15, 0.2) is 11.4 Å². The molecular formula is C33H32N2O2. The Labute approximate surface area is 219 Å². The molecule has 2 aliphatic heterocycles. The van der Waals surface area contributed by atoms with E-state index in [9.17, 15) is 4.79 Å². The lowest BCUT2D eigenvalue weighted by molar-refractivity contribution is -0.151. The lowest BCUT2D eigenvalue weighted by Gasteiger charge is -2.43. The van der Waals surface area contributed by atoms with Crippen LogP contribution in [0.2, 0.25) is 0 Å². The molecule has 1 spiro atoms. The number of Topliss-reactive ketones (excluding diaryl/α,β-unsaturated/α-hetero) is 1. The first kappa shape index (κ1) is 23.7. The summed E-state index contributed by atoms with van der Waals surface area (Å²) in [6.07, 6.45) is 0.463. The molecule has 2 saturated heterocycles. The van der Waals surface area contributed by atoms with E-state index < -0.39 is 5.60 Å². The molecule has 2 fully saturated rings. The number of anilines is 1. The maximum Gasteiger partial charge on any atom is 0.176 e. The lowest BCUT2D eigenvalue weighted by atomic mass is 9.71. The topological polar surface area (TPSA) is 32.8 Å². The predicted octanol–water partition coefficient (Wildman–Crippen LogP) is 6.74. The summed E-state index contributed by atoms with van der Waals surface area (Å²) in [5, 5.41) is 2.00. The molecule has 0 saturated carbocycles. The highest BCUT2D eigenvalue weighted by atomic mass is 16.7. The first-order chi connectivity index (χ1) is 18.2. The van der Waals surface area contributed by atoms with Crippen LogP contribution in [0.15, 0.2) is 121 Å². The molecule has 37 heavy (non-hydrogen) atoms. The van der Waals surface area contributed by atoms with Crippen molar-refractivity contribution in [1.82, 2.24) is 4.90 Å². The summed E-state index contributed by atoms with van der Waals surface area (Å²) in [6.45, 7) is 3.49. The van der Waals surface area contributed by atoms with E-state index in [0.717, 1.165) is 23.4 Å². The van der Waals surface area contributed by atoms with Crippen LogP contribution in [-0.2, 0) is 9.63 Å². The van der Waals surface area contributed by atoms with Gasteiger partial charge in [0.1, 0.15) is 0 Å². The summed E-state index contributed by atoms with van der Waals surface area (Å²) >= 11 is 0. The molecule has 2 heterocycles. The minimum atomic E-state index is -1.00. The number of benzene rings is 4. The van der Waals surface area contributed by atoms with Crippen molar-refractivity contribution in [2.45, 2.75) is 36.9 Å². The van der Waals surface area contributed by atoms with Crippen LogP contribution in [0, 0.1) is 0 Å². The van der Waals surface area contributed by atoms with Crippen molar-refractivity contribution in [3.63, 3.8) is 0 Å². The van der Waals surface area contributed by atoms with Crippen LogP contribution in [0.1, 0.15) is 48.0 Å². The van der Waals surface area contributed by atoms with Gasteiger partial charge in [0, 0.05) is 25.6 Å². The van der Waals surface area contributed by atoms with Gasteiger partial charge >= 0.3 is 0 Å². The molecule has 2 unspecified atom stereocenters. The van der Waals surface area contributed by atoms with Crippen LogP contribution >= 0.6 is 0 Å². The summed E-state index contributed by atoms with van der Waals surface area (Å²) in [4.78, 5) is 23.5. The van der Waals surface area contributed by atoms with E-state index in [1.807, 2.05) is 41.5 Å². The minimum Gasteiger partial charge on any atom is -0.296 e. The summed E-state index contributed by atoms with van der Waals surface area (Å²) in [5.74, 6) is 0.00630. The maximum atomic E-state index is 14.1. The van der Waals surface area contributed by atoms with Crippen molar-refractivity contribution in [1.29, 1.82) is 0 Å². The van der Waals surface area contributed by atoms with Gasteiger partial charge in [-0.05, 0) is 35.7 Å². The van der Waals surface area contributed by atoms with E-state index in [4.69, 9.17) is 4.84 Å². The number of ketones is 1. The molecule has 4 atom stereocenters. The standard InChI is InChI=1S/C33H32N2O2/c1-25(26-14-6-2-7-15-26)34-23-22-30(36)33(24-34)31(27-16-8-3-9-17-27)32(28-18-10-4-11-19-28)35(37-33)29-20-12-5-13-21-29/h2-21,25,31-32H,22-24H2,1H3/t25?,31-,32-,33?/m1/s1. The van der Waals surface area contributed by atoms with E-state index in [1.54, 1.807) is 0 Å². The molecular weight excluding hydrogens is 456 g/mol. The largest absolute Gasteiger partial charge is 0.296 e. The zero-order chi connectivity index (χ0) is 25.2. The molecule has 0 radical (unpaired) electrons. The molecule has 4 aromatic rings. The van der Waals surface area contributed by atoms with Crippen LogP contribution in [0.3, 0.4) is 0 Å². The summed E-state index contributed by atoms with van der Waals surface area (Å²) < 4.78 is 0. The number of carbonyl (C=O) groups excluding carboxylic acids is 1. The second kappa shape index (κ2) is 9.97. The van der Waals surface area contributed by atoms with Crippen LogP contribution in [0.5, 0.6) is 0 Å². The summed E-state index contributed by atoms with van der Waals surface area (Å²) in [5.41, 5.74) is 3.46. The van der Waals surface area contributed by atoms with Gasteiger partial charge < -0.3 is 0 Å². The van der Waals surface area contributed by atoms with Gasteiger partial charge in [-0.2, -0.15) is 0 Å². The average molecular weight is 489 g/mol. The van der Waals surface area contributed by atoms with Gasteiger partial charge in [-0.15, -0.1) is 0 Å². The number of para-hydroxylation sites is 1. The van der Waals surface area contributed by atoms with Crippen LogP contribution in [-0.4, -0.2) is 29.4 Å². The van der Waals surface area contributed by atoms with Crippen molar-refractivity contribution >= 4 is 11.5 Å². The van der Waals surface area contributed by atoms with Crippen LogP contribution < -0.4 is 5.06 Å². The fourth-order valence-electron chi connectivity index (χ4n) is 6.11. The first-order valence-electron chi connectivity index (χ1n) is 13.1. The van der Waals surface area contributed by atoms with E-state index in [0.29, 0.717) is 13.0 Å². The Morgan fingerprint density at radius 3 is 1.92 bits per heavy atom. The maximum absolute atomic E-state index is 14.1. The zero-order valence-electron chi connectivity index (χ0n) is 21.1. The molecule has 0 aliphatic carbocycles. The molecule has 4 aromatic carbocycles. The third-order valence-corrected chi connectivity index (χ3v) is 8.01. The smallest absolute Gasteiger partial charge is 0.176 e. The number of rotatable bonds is 5. The van der Waals surface area contributed by atoms with Crippen molar-refractivity contribution in [2.24, 2.45) is 0 Å². The fraction of sp³-hybridized carbons (Fsp3) is 0.242. The Morgan fingerprint density at radius 2 is 1.30 bits per heavy atom. The molecule has 186 valence electrons. The number of nitrogens with zero attached hydrogens (tertiary/aromatic N) is 2. The van der Waals surface area contributed by atoms with E-state index in [1.165, 1.54) is 5.56 Å². The highest BCUT2D eigenvalue weighted by Gasteiger charge is 2.61. The van der Waals surface area contributed by atoms with Gasteiger partial charge in [0.2, 0.25) is 0 Å². The van der Waals surface area contributed by atoms with Crippen molar-refractivity contribution in [3.8, 4) is 0 Å². The quantitative estimate of drug-likeness (QED) is 0.312. The highest BCUT2D eigenvalue weighted by molar-refractivity contribution is 5.91. The second-order valence-electron chi connectivity index (χ2n) is 10.1. The van der Waals surface area contributed by atoms with Crippen LogP contribution in [0.4, 0.5) is 5.69 Å². The third kappa shape index (κ3) is 4.26. The highest BCUT2D eigenvalue weighted by Crippen LogP contribution is 2.55. The minimum absolute atomic E-state index is 0.151. The molecule has 0 N–H and O–H groups in total. The van der Waals surface area contributed by atoms with Crippen LogP contribution in [0.25, 0.3) is 0 Å². The molecule has 4 heteroatoms. The van der Waals surface area contributed by atoms with Crippen molar-refractivity contribution < 1.29 is 9.63 Å². The lowest BCUT2D eigenvalue weighted by Crippen LogP contribution is -2.58. The Hall–Kier alpha value is -3.73. The normalized spacial score (nSPS) is 24.9. The summed E-state index contributed by atoms with van der Waals surface area (Å²) in [6, 6.07) is 41.7. The summed E-state index contributed by atoms with van der Waals surface area (Å²) in [7, 11) is 0. The molecule has 0 bridgehead atoms. The van der Waals surface area contributed by atoms with Gasteiger partial charge in [-0.3, -0.25) is 14.5 Å². The average Bonchev–Trinajstić information content (AvgIpc) is 3.31. The Bertz CT molecular complexity index is 1330.